The van der Waals surface area contributed by atoms with E-state index in [1.54, 1.807) is 38.2 Å². The number of nitrogens with zero attached hydrogens (tertiary/aromatic N) is 7. The number of amides is 5. The van der Waals surface area contributed by atoms with E-state index in [2.05, 4.69) is 39.3 Å². The Kier molecular flexibility index (Phi) is 12.2. The van der Waals surface area contributed by atoms with E-state index >= 15 is 0 Å². The van der Waals surface area contributed by atoms with Crippen molar-refractivity contribution in [3.63, 3.8) is 0 Å². The molecule has 14 nitrogen and oxygen atoms in total. The van der Waals surface area contributed by atoms with Crippen molar-refractivity contribution >= 4 is 58.3 Å². The number of hydrogen-bond donors (Lipinski definition) is 2. The van der Waals surface area contributed by atoms with Crippen LogP contribution in [0.3, 0.4) is 0 Å². The Morgan fingerprint density at radius 1 is 1.11 bits per heavy atom. The van der Waals surface area contributed by atoms with Crippen molar-refractivity contribution in [1.82, 2.24) is 25.0 Å². The highest BCUT2D eigenvalue weighted by Crippen LogP contribution is 2.40. The number of anilines is 3. The van der Waals surface area contributed by atoms with Gasteiger partial charge in [0.15, 0.2) is 5.11 Å². The van der Waals surface area contributed by atoms with Crippen LogP contribution in [-0.2, 0) is 25.3 Å². The third-order valence-corrected chi connectivity index (χ3v) is 11.4. The predicted molar refractivity (Wildman–Crippen MR) is 209 cm³/mol. The van der Waals surface area contributed by atoms with Crippen molar-refractivity contribution in [1.29, 1.82) is 5.26 Å². The number of nitriles is 1. The van der Waals surface area contributed by atoms with Crippen LogP contribution in [0.2, 0.25) is 0 Å². The first-order chi connectivity index (χ1) is 27.0. The molecule has 3 aliphatic heterocycles. The van der Waals surface area contributed by atoms with Crippen LogP contribution in [0.4, 0.5) is 35.2 Å². The number of benzene rings is 1. The van der Waals surface area contributed by atoms with E-state index in [-0.39, 0.29) is 59.8 Å². The third-order valence-electron chi connectivity index (χ3n) is 11.0. The highest BCUT2D eigenvalue weighted by Gasteiger charge is 2.52. The molecule has 4 heterocycles. The van der Waals surface area contributed by atoms with Crippen LogP contribution < -0.4 is 20.4 Å². The molecule has 3 saturated heterocycles. The number of hydrogen-bond acceptors (Lipinski definition) is 10. The number of pyridine rings is 1. The molecule has 1 saturated carbocycles. The van der Waals surface area contributed by atoms with Crippen LogP contribution in [0.25, 0.3) is 0 Å². The maximum atomic E-state index is 13.7. The van der Waals surface area contributed by atoms with Gasteiger partial charge in [-0.25, -0.2) is 9.78 Å². The summed E-state index contributed by atoms with van der Waals surface area (Å²) in [6.07, 6.45) is 3.09. The van der Waals surface area contributed by atoms with Gasteiger partial charge in [-0.05, 0) is 95.9 Å². The van der Waals surface area contributed by atoms with Gasteiger partial charge in [-0.15, -0.1) is 0 Å². The first-order valence-electron chi connectivity index (χ1n) is 18.9. The average Bonchev–Trinajstić information content (AvgIpc) is 3.33. The Morgan fingerprint density at radius 3 is 2.42 bits per heavy atom. The van der Waals surface area contributed by atoms with Crippen molar-refractivity contribution in [3.8, 4) is 6.07 Å². The standard InChI is InChI=1S/C39H46F3N9O5S/c1-24-22-47(23-25(2)48(24)15-13-33(52)45-27-6-12-32(44-21-27)49-16-14-34(53)46-36(49)55)17-18-56-30-10-8-28(9-11-30)51-37(57)50(35(54)38(51,3)4)29-7-5-26(20-43)31(19-29)39(40,41)42/h5-7,12-13,15,19,21,24-25,28,30H,8-11,14,16-18,22-23H2,1-4H3,(H,45,52)(H,46,53,55)/t24-,25+,28-,30-. The Balaban J connectivity index is 0.941. The Morgan fingerprint density at radius 2 is 1.81 bits per heavy atom. The number of urea groups is 1. The molecular formula is C39H46F3N9O5S. The van der Waals surface area contributed by atoms with Gasteiger partial charge < -0.3 is 19.9 Å². The first-order valence-corrected chi connectivity index (χ1v) is 19.4. The minimum absolute atomic E-state index is 0.0147. The number of thiocarbonyl (C=S) groups is 1. The van der Waals surface area contributed by atoms with Gasteiger partial charge in [0.2, 0.25) is 11.8 Å². The van der Waals surface area contributed by atoms with Crippen molar-refractivity contribution in [2.75, 3.05) is 47.9 Å². The van der Waals surface area contributed by atoms with Gasteiger partial charge in [0, 0.05) is 63.0 Å². The van der Waals surface area contributed by atoms with Gasteiger partial charge in [0.1, 0.15) is 11.4 Å². The SMILES string of the molecule is C[C@@H]1CN(CCO[C@H]2CC[C@H](N3C(=S)N(c4ccc(C#N)c(C(F)(F)F)c4)C(=O)C3(C)C)CC2)C[C@H](C)N1C=CC(=O)Nc1ccc(N2CCC(=O)NC2=O)nc1. The highest BCUT2D eigenvalue weighted by atomic mass is 32.1. The van der Waals surface area contributed by atoms with Gasteiger partial charge in [0.25, 0.3) is 5.91 Å². The Bertz CT molecular complexity index is 1950. The molecule has 4 aliphatic rings. The summed E-state index contributed by atoms with van der Waals surface area (Å²) in [5.41, 5.74) is -2.25. The fourth-order valence-corrected chi connectivity index (χ4v) is 8.70. The van der Waals surface area contributed by atoms with E-state index in [0.717, 1.165) is 49.5 Å². The van der Waals surface area contributed by atoms with Gasteiger partial charge in [-0.3, -0.25) is 34.4 Å². The fraction of sp³-hybridized carbons (Fsp3) is 0.513. The minimum Gasteiger partial charge on any atom is -0.377 e. The zero-order valence-electron chi connectivity index (χ0n) is 32.2. The van der Waals surface area contributed by atoms with Crippen LogP contribution in [0, 0.1) is 11.3 Å². The molecule has 6 rings (SSSR count). The summed E-state index contributed by atoms with van der Waals surface area (Å²) in [7, 11) is 0. The number of alkyl halides is 3. The minimum atomic E-state index is -4.76. The van der Waals surface area contributed by atoms with Gasteiger partial charge >= 0.3 is 12.2 Å². The molecule has 1 aromatic heterocycles. The lowest BCUT2D eigenvalue weighted by atomic mass is 9.89. The first kappa shape index (κ1) is 41.5. The number of halogens is 3. The average molecular weight is 810 g/mol. The molecule has 18 heteroatoms. The molecular weight excluding hydrogens is 764 g/mol. The summed E-state index contributed by atoms with van der Waals surface area (Å²) in [4.78, 5) is 63.0. The monoisotopic (exact) mass is 809 g/mol. The maximum Gasteiger partial charge on any atom is 0.417 e. The van der Waals surface area contributed by atoms with E-state index in [9.17, 15) is 37.6 Å². The molecule has 304 valence electrons. The van der Waals surface area contributed by atoms with Crippen molar-refractivity contribution in [3.05, 3.63) is 59.9 Å². The second-order valence-electron chi connectivity index (χ2n) is 15.4. The summed E-state index contributed by atoms with van der Waals surface area (Å²) in [6, 6.07) is 7.69. The van der Waals surface area contributed by atoms with Crippen LogP contribution in [0.15, 0.2) is 48.8 Å². The summed E-state index contributed by atoms with van der Waals surface area (Å²) < 4.78 is 47.5. The number of carbonyl (C=O) groups is 4. The lowest BCUT2D eigenvalue weighted by Gasteiger charge is -2.44. The van der Waals surface area contributed by atoms with E-state index in [4.69, 9.17) is 17.0 Å². The Labute approximate surface area is 334 Å². The zero-order chi connectivity index (χ0) is 41.2. The second kappa shape index (κ2) is 16.8. The molecule has 0 radical (unpaired) electrons. The van der Waals surface area contributed by atoms with Gasteiger partial charge in [-0.1, -0.05) is 0 Å². The molecule has 0 spiro atoms. The number of aromatic nitrogens is 1. The molecule has 2 atom stereocenters. The lowest BCUT2D eigenvalue weighted by Crippen LogP contribution is -2.55. The number of piperazine rings is 1. The van der Waals surface area contributed by atoms with Crippen LogP contribution in [0.1, 0.15) is 70.9 Å². The molecule has 0 bridgehead atoms. The fourth-order valence-electron chi connectivity index (χ4n) is 8.13. The molecule has 0 unspecified atom stereocenters. The molecule has 5 amide bonds. The third kappa shape index (κ3) is 9.05. The molecule has 2 aromatic rings. The maximum absolute atomic E-state index is 13.7. The summed E-state index contributed by atoms with van der Waals surface area (Å²) in [5.74, 6) is -0.686. The number of imide groups is 1. The highest BCUT2D eigenvalue weighted by molar-refractivity contribution is 7.80. The van der Waals surface area contributed by atoms with Crippen LogP contribution >= 0.6 is 12.2 Å². The predicted octanol–water partition coefficient (Wildman–Crippen LogP) is 5.01. The topological polar surface area (TPSA) is 154 Å². The summed E-state index contributed by atoms with van der Waals surface area (Å²) >= 11 is 5.73. The zero-order valence-corrected chi connectivity index (χ0v) is 33.0. The van der Waals surface area contributed by atoms with Crippen molar-refractivity contribution in [2.24, 2.45) is 0 Å². The van der Waals surface area contributed by atoms with Gasteiger partial charge in [-0.2, -0.15) is 18.4 Å². The number of carbonyl (C=O) groups excluding carboxylic acids is 4. The molecule has 4 fully saturated rings. The molecule has 57 heavy (non-hydrogen) atoms. The van der Waals surface area contributed by atoms with Crippen molar-refractivity contribution in [2.45, 2.75) is 95.7 Å². The quantitative estimate of drug-likeness (QED) is 0.246. The van der Waals surface area contributed by atoms with Crippen LogP contribution in [0.5, 0.6) is 0 Å². The lowest BCUT2D eigenvalue weighted by molar-refractivity contribution is -0.137. The second-order valence-corrected chi connectivity index (χ2v) is 15.7. The van der Waals surface area contributed by atoms with E-state index in [0.29, 0.717) is 31.0 Å². The molecule has 1 aromatic carbocycles. The van der Waals surface area contributed by atoms with E-state index < -0.39 is 34.8 Å². The number of nitrogens with one attached hydrogen (secondary N) is 2. The number of ether oxygens (including phenoxy) is 1. The summed E-state index contributed by atoms with van der Waals surface area (Å²) in [6.45, 7) is 10.7. The van der Waals surface area contributed by atoms with E-state index in [1.807, 2.05) is 4.90 Å². The smallest absolute Gasteiger partial charge is 0.377 e. The number of rotatable bonds is 10. The Hall–Kier alpha value is -5.12. The van der Waals surface area contributed by atoms with Crippen molar-refractivity contribution < 1.29 is 37.1 Å². The largest absolute Gasteiger partial charge is 0.417 e. The van der Waals surface area contributed by atoms with E-state index in [1.165, 1.54) is 23.2 Å². The van der Waals surface area contributed by atoms with Gasteiger partial charge in [0.05, 0.1) is 47.5 Å². The normalized spacial score (nSPS) is 24.6. The summed E-state index contributed by atoms with van der Waals surface area (Å²) in [5, 5.41) is 14.4. The molecule has 1 aliphatic carbocycles. The van der Waals surface area contributed by atoms with Crippen LogP contribution in [-0.4, -0.2) is 111 Å². The molecule has 2 N–H and O–H groups in total.